The van der Waals surface area contributed by atoms with E-state index in [1.54, 1.807) is 24.3 Å². The number of anilines is 1. The fraction of sp³-hybridized carbons (Fsp3) is 0.357. The molecule has 0 saturated heterocycles. The molecule has 0 N–H and O–H groups in total. The standard InChI is InChI=1S/C14H15NO3/c1-3-9(2)12(16)8-15-11-7-5-4-6-10(11)13(17)14(15)18/h4-7,9H,3,8H2,1-2H3. The second-order valence-corrected chi connectivity index (χ2v) is 4.51. The smallest absolute Gasteiger partial charge is 0.297 e. The Kier molecular flexibility index (Phi) is 3.28. The normalized spacial score (nSPS) is 15.8. The minimum atomic E-state index is -0.604. The van der Waals surface area contributed by atoms with E-state index >= 15 is 0 Å². The van der Waals surface area contributed by atoms with E-state index < -0.39 is 11.7 Å². The molecule has 0 aliphatic carbocycles. The SMILES string of the molecule is CCC(C)C(=O)CN1C(=O)C(=O)c2ccccc21. The molecule has 4 nitrogen and oxygen atoms in total. The number of para-hydroxylation sites is 1. The van der Waals surface area contributed by atoms with Gasteiger partial charge in [0.1, 0.15) is 0 Å². The number of nitrogens with zero attached hydrogens (tertiary/aromatic N) is 1. The number of Topliss-reactive ketones (excluding diaryl/α,β-unsaturated/α-hetero) is 2. The van der Waals surface area contributed by atoms with Crippen LogP contribution in [0.25, 0.3) is 0 Å². The fourth-order valence-electron chi connectivity index (χ4n) is 1.94. The zero-order chi connectivity index (χ0) is 13.3. The Morgan fingerprint density at radius 1 is 1.28 bits per heavy atom. The maximum atomic E-state index is 11.9. The molecule has 0 spiro atoms. The van der Waals surface area contributed by atoms with Crippen LogP contribution >= 0.6 is 0 Å². The van der Waals surface area contributed by atoms with E-state index in [0.717, 1.165) is 6.42 Å². The fourth-order valence-corrected chi connectivity index (χ4v) is 1.94. The van der Waals surface area contributed by atoms with Crippen LogP contribution in [0.4, 0.5) is 5.69 Å². The minimum Gasteiger partial charge on any atom is -0.297 e. The van der Waals surface area contributed by atoms with Crippen molar-refractivity contribution in [1.82, 2.24) is 0 Å². The largest absolute Gasteiger partial charge is 0.299 e. The Morgan fingerprint density at radius 3 is 2.61 bits per heavy atom. The van der Waals surface area contributed by atoms with Gasteiger partial charge in [-0.2, -0.15) is 0 Å². The maximum absolute atomic E-state index is 11.9. The van der Waals surface area contributed by atoms with Crippen molar-refractivity contribution in [3.05, 3.63) is 29.8 Å². The van der Waals surface area contributed by atoms with E-state index in [4.69, 9.17) is 0 Å². The van der Waals surface area contributed by atoms with Gasteiger partial charge in [0.25, 0.3) is 11.7 Å². The van der Waals surface area contributed by atoms with Crippen molar-refractivity contribution in [3.63, 3.8) is 0 Å². The number of hydrogen-bond donors (Lipinski definition) is 0. The van der Waals surface area contributed by atoms with E-state index in [0.29, 0.717) is 11.3 Å². The molecule has 1 atom stereocenters. The van der Waals surface area contributed by atoms with Crippen LogP contribution in [0.5, 0.6) is 0 Å². The van der Waals surface area contributed by atoms with Crippen LogP contribution in [0.2, 0.25) is 0 Å². The summed E-state index contributed by atoms with van der Waals surface area (Å²) < 4.78 is 0. The first-order chi connectivity index (χ1) is 8.56. The predicted molar refractivity (Wildman–Crippen MR) is 67.6 cm³/mol. The third kappa shape index (κ3) is 1.94. The van der Waals surface area contributed by atoms with Crippen LogP contribution in [0.15, 0.2) is 24.3 Å². The molecule has 1 amide bonds. The predicted octanol–water partition coefficient (Wildman–Crippen LogP) is 1.83. The number of benzene rings is 1. The lowest BCUT2D eigenvalue weighted by atomic mass is 10.0. The molecule has 1 aromatic carbocycles. The zero-order valence-electron chi connectivity index (χ0n) is 10.5. The van der Waals surface area contributed by atoms with Gasteiger partial charge in [-0.25, -0.2) is 0 Å². The van der Waals surface area contributed by atoms with Crippen molar-refractivity contribution in [1.29, 1.82) is 0 Å². The molecule has 1 aliphatic heterocycles. The topological polar surface area (TPSA) is 54.5 Å². The highest BCUT2D eigenvalue weighted by molar-refractivity contribution is 6.52. The Bertz CT molecular complexity index is 522. The summed E-state index contributed by atoms with van der Waals surface area (Å²) in [4.78, 5) is 36.7. The first-order valence-electron chi connectivity index (χ1n) is 6.04. The first kappa shape index (κ1) is 12.5. The van der Waals surface area contributed by atoms with E-state index in [-0.39, 0.29) is 18.2 Å². The number of carbonyl (C=O) groups excluding carboxylic acids is 3. The molecule has 1 aromatic rings. The number of fused-ring (bicyclic) bond motifs is 1. The molecule has 94 valence electrons. The van der Waals surface area contributed by atoms with Gasteiger partial charge in [-0.3, -0.25) is 19.3 Å². The molecule has 2 rings (SSSR count). The van der Waals surface area contributed by atoms with Crippen LogP contribution in [0.3, 0.4) is 0 Å². The van der Waals surface area contributed by atoms with Crippen LogP contribution in [-0.4, -0.2) is 24.0 Å². The molecule has 0 aromatic heterocycles. The Labute approximate surface area is 106 Å². The van der Waals surface area contributed by atoms with E-state index in [1.807, 2.05) is 13.8 Å². The summed E-state index contributed by atoms with van der Waals surface area (Å²) in [6, 6.07) is 6.78. The lowest BCUT2D eigenvalue weighted by Gasteiger charge is -2.17. The molecule has 0 bridgehead atoms. The second kappa shape index (κ2) is 4.72. The van der Waals surface area contributed by atoms with Gasteiger partial charge in [0.2, 0.25) is 0 Å². The molecule has 0 fully saturated rings. The lowest BCUT2D eigenvalue weighted by molar-refractivity contribution is -0.123. The van der Waals surface area contributed by atoms with Gasteiger partial charge in [0, 0.05) is 5.92 Å². The summed E-state index contributed by atoms with van der Waals surface area (Å²) >= 11 is 0. The monoisotopic (exact) mass is 245 g/mol. The summed E-state index contributed by atoms with van der Waals surface area (Å²) in [6.07, 6.45) is 0.733. The molecule has 0 saturated carbocycles. The Balaban J connectivity index is 2.27. The summed E-state index contributed by atoms with van der Waals surface area (Å²) in [7, 11) is 0. The minimum absolute atomic E-state index is 0.0173. The quantitative estimate of drug-likeness (QED) is 0.760. The molecular weight excluding hydrogens is 230 g/mol. The van der Waals surface area contributed by atoms with Crippen LogP contribution in [0.1, 0.15) is 30.6 Å². The van der Waals surface area contributed by atoms with Crippen molar-refractivity contribution in [2.24, 2.45) is 5.92 Å². The Morgan fingerprint density at radius 2 is 1.94 bits per heavy atom. The van der Waals surface area contributed by atoms with Gasteiger partial charge in [-0.15, -0.1) is 0 Å². The zero-order valence-corrected chi connectivity index (χ0v) is 10.5. The van der Waals surface area contributed by atoms with Crippen molar-refractivity contribution in [3.8, 4) is 0 Å². The number of amides is 1. The third-order valence-electron chi connectivity index (χ3n) is 3.35. The molecule has 4 heteroatoms. The van der Waals surface area contributed by atoms with Gasteiger partial charge in [-0.05, 0) is 18.6 Å². The summed E-state index contributed by atoms with van der Waals surface area (Å²) in [6.45, 7) is 3.74. The van der Waals surface area contributed by atoms with Gasteiger partial charge in [-0.1, -0.05) is 26.0 Å². The van der Waals surface area contributed by atoms with Gasteiger partial charge in [0.05, 0.1) is 17.8 Å². The highest BCUT2D eigenvalue weighted by Crippen LogP contribution is 2.28. The number of ketones is 2. The Hall–Kier alpha value is -1.97. The van der Waals surface area contributed by atoms with E-state index in [1.165, 1.54) is 4.90 Å². The summed E-state index contributed by atoms with van der Waals surface area (Å²) in [5.41, 5.74) is 0.934. The van der Waals surface area contributed by atoms with Crippen molar-refractivity contribution in [2.75, 3.05) is 11.4 Å². The van der Waals surface area contributed by atoms with Crippen LogP contribution in [-0.2, 0) is 9.59 Å². The molecule has 0 radical (unpaired) electrons. The molecule has 1 heterocycles. The number of hydrogen-bond acceptors (Lipinski definition) is 3. The number of rotatable bonds is 4. The highest BCUT2D eigenvalue weighted by atomic mass is 16.2. The van der Waals surface area contributed by atoms with Crippen LogP contribution in [0, 0.1) is 5.92 Å². The maximum Gasteiger partial charge on any atom is 0.299 e. The molecule has 18 heavy (non-hydrogen) atoms. The first-order valence-corrected chi connectivity index (χ1v) is 6.04. The van der Waals surface area contributed by atoms with Crippen molar-refractivity contribution in [2.45, 2.75) is 20.3 Å². The third-order valence-corrected chi connectivity index (χ3v) is 3.35. The molecule has 1 aliphatic rings. The van der Waals surface area contributed by atoms with Crippen molar-refractivity contribution >= 4 is 23.2 Å². The van der Waals surface area contributed by atoms with Gasteiger partial charge in [0.15, 0.2) is 5.78 Å². The lowest BCUT2D eigenvalue weighted by Crippen LogP contribution is -2.36. The van der Waals surface area contributed by atoms with Crippen molar-refractivity contribution < 1.29 is 14.4 Å². The average molecular weight is 245 g/mol. The molecular formula is C14H15NO3. The highest BCUT2D eigenvalue weighted by Gasteiger charge is 2.36. The van der Waals surface area contributed by atoms with Gasteiger partial charge >= 0.3 is 0 Å². The summed E-state index contributed by atoms with van der Waals surface area (Å²) in [5.74, 6) is -1.24. The van der Waals surface area contributed by atoms with Gasteiger partial charge < -0.3 is 0 Å². The number of carbonyl (C=O) groups is 3. The van der Waals surface area contributed by atoms with Crippen LogP contribution < -0.4 is 4.90 Å². The summed E-state index contributed by atoms with van der Waals surface area (Å²) in [5, 5.41) is 0. The molecule has 1 unspecified atom stereocenters. The van der Waals surface area contributed by atoms with E-state index in [9.17, 15) is 14.4 Å². The average Bonchev–Trinajstić information content (AvgIpc) is 2.63. The second-order valence-electron chi connectivity index (χ2n) is 4.51. The van der Waals surface area contributed by atoms with E-state index in [2.05, 4.69) is 0 Å².